The van der Waals surface area contributed by atoms with Crippen molar-refractivity contribution < 1.29 is 14.3 Å². The number of piperazine rings is 1. The fraction of sp³-hybridized carbons (Fsp3) is 0.524. The van der Waals surface area contributed by atoms with Gasteiger partial charge in [0, 0.05) is 39.3 Å². The van der Waals surface area contributed by atoms with E-state index in [0.29, 0.717) is 31.0 Å². The van der Waals surface area contributed by atoms with Crippen molar-refractivity contribution in [1.82, 2.24) is 19.7 Å². The molecule has 7 nitrogen and oxygen atoms in total. The van der Waals surface area contributed by atoms with Gasteiger partial charge in [0.2, 0.25) is 5.76 Å². The molecule has 1 aromatic carbocycles. The van der Waals surface area contributed by atoms with E-state index in [1.165, 1.54) is 6.39 Å². The van der Waals surface area contributed by atoms with E-state index < -0.39 is 5.60 Å². The smallest absolute Gasteiger partial charge is 0.291 e. The summed E-state index contributed by atoms with van der Waals surface area (Å²) >= 11 is 0. The van der Waals surface area contributed by atoms with Gasteiger partial charge in [0.25, 0.3) is 5.91 Å². The second kappa shape index (κ2) is 7.66. The first-order chi connectivity index (χ1) is 13.5. The number of nitrogens with zero attached hydrogens (tertiary/aromatic N) is 4. The van der Waals surface area contributed by atoms with Gasteiger partial charge in [-0.3, -0.25) is 9.69 Å². The Bertz CT molecular complexity index is 816. The summed E-state index contributed by atoms with van der Waals surface area (Å²) in [6.45, 7) is 6.38. The molecule has 2 aliphatic heterocycles. The molecule has 0 bridgehead atoms. The Morgan fingerprint density at radius 3 is 2.54 bits per heavy atom. The van der Waals surface area contributed by atoms with Crippen molar-refractivity contribution in [2.75, 3.05) is 46.3 Å². The first kappa shape index (κ1) is 19.1. The summed E-state index contributed by atoms with van der Waals surface area (Å²) < 4.78 is 5.33. The zero-order chi connectivity index (χ0) is 19.7. The SMILES string of the molecule is Cc1ncoc1C(=O)N1CC[C@](O)(c2ccccc2)[C@H](N2CCN(C)CC2)C1. The van der Waals surface area contributed by atoms with Gasteiger partial charge in [0.1, 0.15) is 5.60 Å². The molecule has 0 saturated carbocycles. The molecular weight excluding hydrogens is 356 g/mol. The van der Waals surface area contributed by atoms with Crippen molar-refractivity contribution in [3.63, 3.8) is 0 Å². The van der Waals surface area contributed by atoms with Gasteiger partial charge in [-0.15, -0.1) is 0 Å². The van der Waals surface area contributed by atoms with Crippen LogP contribution in [0.3, 0.4) is 0 Å². The molecule has 2 aliphatic rings. The minimum absolute atomic E-state index is 0.149. The quantitative estimate of drug-likeness (QED) is 0.861. The topological polar surface area (TPSA) is 73.0 Å². The van der Waals surface area contributed by atoms with E-state index in [0.717, 1.165) is 31.7 Å². The van der Waals surface area contributed by atoms with Crippen LogP contribution in [0.1, 0.15) is 28.2 Å². The summed E-state index contributed by atoms with van der Waals surface area (Å²) in [6, 6.07) is 9.70. The molecule has 1 aromatic heterocycles. The first-order valence-corrected chi connectivity index (χ1v) is 9.89. The fourth-order valence-electron chi connectivity index (χ4n) is 4.37. The van der Waals surface area contributed by atoms with Crippen molar-refractivity contribution in [1.29, 1.82) is 0 Å². The maximum absolute atomic E-state index is 13.0. The van der Waals surface area contributed by atoms with E-state index in [4.69, 9.17) is 4.42 Å². The maximum atomic E-state index is 13.0. The number of hydrogen-bond acceptors (Lipinski definition) is 6. The average Bonchev–Trinajstić information content (AvgIpc) is 3.15. The van der Waals surface area contributed by atoms with E-state index in [2.05, 4.69) is 21.8 Å². The van der Waals surface area contributed by atoms with Crippen molar-refractivity contribution in [2.24, 2.45) is 0 Å². The number of oxazole rings is 1. The number of likely N-dealkylation sites (N-methyl/N-ethyl adjacent to an activating group) is 1. The molecule has 3 heterocycles. The van der Waals surface area contributed by atoms with E-state index in [1.54, 1.807) is 11.8 Å². The van der Waals surface area contributed by atoms with Gasteiger partial charge >= 0.3 is 0 Å². The van der Waals surface area contributed by atoms with Crippen LogP contribution >= 0.6 is 0 Å². The van der Waals surface area contributed by atoms with Gasteiger partial charge < -0.3 is 19.3 Å². The molecule has 1 N–H and O–H groups in total. The molecular formula is C21H28N4O3. The molecule has 0 aliphatic carbocycles. The lowest BCUT2D eigenvalue weighted by Gasteiger charge is -2.51. The van der Waals surface area contributed by atoms with Crippen LogP contribution in [0, 0.1) is 6.92 Å². The number of carbonyl (C=O) groups is 1. The van der Waals surface area contributed by atoms with Crippen LogP contribution in [0.4, 0.5) is 0 Å². The highest BCUT2D eigenvalue weighted by Crippen LogP contribution is 2.37. The lowest BCUT2D eigenvalue weighted by molar-refractivity contribution is -0.101. The molecule has 2 atom stereocenters. The zero-order valence-corrected chi connectivity index (χ0v) is 16.5. The summed E-state index contributed by atoms with van der Waals surface area (Å²) in [7, 11) is 2.12. The third kappa shape index (κ3) is 3.45. The predicted octanol–water partition coefficient (Wildman–Crippen LogP) is 1.33. The van der Waals surface area contributed by atoms with Gasteiger partial charge in [-0.2, -0.15) is 0 Å². The largest absolute Gasteiger partial charge is 0.438 e. The van der Waals surface area contributed by atoms with Crippen LogP contribution in [0.15, 0.2) is 41.1 Å². The number of aryl methyl sites for hydroxylation is 1. The number of benzene rings is 1. The number of rotatable bonds is 3. The fourth-order valence-corrected chi connectivity index (χ4v) is 4.37. The predicted molar refractivity (Wildman–Crippen MR) is 105 cm³/mol. The van der Waals surface area contributed by atoms with Crippen molar-refractivity contribution >= 4 is 5.91 Å². The Balaban J connectivity index is 1.62. The first-order valence-electron chi connectivity index (χ1n) is 9.89. The summed E-state index contributed by atoms with van der Waals surface area (Å²) in [5.41, 5.74) is 0.539. The Labute approximate surface area is 165 Å². The van der Waals surface area contributed by atoms with Crippen LogP contribution < -0.4 is 0 Å². The molecule has 150 valence electrons. The molecule has 0 radical (unpaired) electrons. The number of hydrogen-bond donors (Lipinski definition) is 1. The molecule has 0 unspecified atom stereocenters. The maximum Gasteiger partial charge on any atom is 0.291 e. The molecule has 2 saturated heterocycles. The highest BCUT2D eigenvalue weighted by Gasteiger charge is 2.47. The van der Waals surface area contributed by atoms with Crippen molar-refractivity contribution in [3.8, 4) is 0 Å². The van der Waals surface area contributed by atoms with Crippen LogP contribution in [0.2, 0.25) is 0 Å². The van der Waals surface area contributed by atoms with Gasteiger partial charge in [-0.25, -0.2) is 4.98 Å². The van der Waals surface area contributed by atoms with Crippen LogP contribution in [-0.4, -0.2) is 83.1 Å². The van der Waals surface area contributed by atoms with Crippen molar-refractivity contribution in [2.45, 2.75) is 25.0 Å². The van der Waals surface area contributed by atoms with Crippen molar-refractivity contribution in [3.05, 3.63) is 53.7 Å². The Kier molecular flexibility index (Phi) is 5.23. The minimum atomic E-state index is -0.982. The monoisotopic (exact) mass is 384 g/mol. The highest BCUT2D eigenvalue weighted by molar-refractivity contribution is 5.92. The Hall–Kier alpha value is -2.22. The summed E-state index contributed by atoms with van der Waals surface area (Å²) in [5, 5.41) is 11.8. The zero-order valence-electron chi connectivity index (χ0n) is 16.5. The summed E-state index contributed by atoms with van der Waals surface area (Å²) in [6.07, 6.45) is 1.80. The van der Waals surface area contributed by atoms with Crippen LogP contribution in [0.25, 0.3) is 0 Å². The summed E-state index contributed by atoms with van der Waals surface area (Å²) in [5.74, 6) is 0.145. The number of amides is 1. The molecule has 2 aromatic rings. The number of piperidine rings is 1. The molecule has 7 heteroatoms. The number of likely N-dealkylation sites (tertiary alicyclic amines) is 1. The number of aliphatic hydroxyl groups is 1. The lowest BCUT2D eigenvalue weighted by atomic mass is 9.79. The number of aromatic nitrogens is 1. The average molecular weight is 384 g/mol. The Morgan fingerprint density at radius 1 is 1.18 bits per heavy atom. The third-order valence-electron chi connectivity index (χ3n) is 6.19. The normalized spacial score (nSPS) is 27.1. The van der Waals surface area contributed by atoms with E-state index >= 15 is 0 Å². The van der Waals surface area contributed by atoms with Gasteiger partial charge in [0.15, 0.2) is 6.39 Å². The minimum Gasteiger partial charge on any atom is -0.438 e. The van der Waals surface area contributed by atoms with E-state index in [9.17, 15) is 9.90 Å². The standard InChI is InChI=1S/C21H28N4O3/c1-16-19(28-15-22-16)20(26)25-9-8-21(27,17-6-4-3-5-7-17)18(14-25)24-12-10-23(2)11-13-24/h3-7,15,18,27H,8-14H2,1-2H3/t18-,21+/m1/s1. The van der Waals surface area contributed by atoms with E-state index in [-0.39, 0.29) is 11.9 Å². The molecule has 28 heavy (non-hydrogen) atoms. The Morgan fingerprint density at radius 2 is 1.89 bits per heavy atom. The molecule has 1 amide bonds. The van der Waals surface area contributed by atoms with Gasteiger partial charge in [-0.1, -0.05) is 30.3 Å². The second-order valence-corrected chi connectivity index (χ2v) is 7.91. The second-order valence-electron chi connectivity index (χ2n) is 7.91. The van der Waals surface area contributed by atoms with Gasteiger partial charge in [0.05, 0.1) is 11.7 Å². The number of carbonyl (C=O) groups excluding carboxylic acids is 1. The molecule has 0 spiro atoms. The highest BCUT2D eigenvalue weighted by atomic mass is 16.3. The molecule has 2 fully saturated rings. The van der Waals surface area contributed by atoms with Gasteiger partial charge in [-0.05, 0) is 26.0 Å². The molecule has 4 rings (SSSR count). The summed E-state index contributed by atoms with van der Waals surface area (Å²) in [4.78, 5) is 23.5. The third-order valence-corrected chi connectivity index (χ3v) is 6.19. The lowest BCUT2D eigenvalue weighted by Crippen LogP contribution is -2.64. The van der Waals surface area contributed by atoms with Crippen LogP contribution in [-0.2, 0) is 5.60 Å². The van der Waals surface area contributed by atoms with Crippen LogP contribution in [0.5, 0.6) is 0 Å². The van der Waals surface area contributed by atoms with E-state index in [1.807, 2.05) is 30.3 Å².